The van der Waals surface area contributed by atoms with Crippen LogP contribution in [0.4, 0.5) is 0 Å². The van der Waals surface area contributed by atoms with Gasteiger partial charge in [0.1, 0.15) is 0 Å². The average molecular weight is 296 g/mol. The van der Waals surface area contributed by atoms with E-state index in [1.54, 1.807) is 9.80 Å². The van der Waals surface area contributed by atoms with Crippen molar-refractivity contribution in [2.45, 2.75) is 44.9 Å². The molecule has 6 heteroatoms. The van der Waals surface area contributed by atoms with Gasteiger partial charge in [-0.05, 0) is 25.7 Å². The number of carbonyl (C=O) groups excluding carboxylic acids is 2. The first kappa shape index (κ1) is 15.8. The summed E-state index contributed by atoms with van der Waals surface area (Å²) in [7, 11) is 0. The number of hydrogen-bond donors (Lipinski definition) is 1. The minimum atomic E-state index is -0.777. The Morgan fingerprint density at radius 1 is 1.05 bits per heavy atom. The van der Waals surface area contributed by atoms with Crippen molar-refractivity contribution < 1.29 is 19.5 Å². The maximum Gasteiger partial charge on any atom is 0.306 e. The predicted octanol–water partition coefficient (Wildman–Crippen LogP) is 1.10. The number of rotatable bonds is 3. The molecule has 0 radical (unpaired) electrons. The molecule has 2 rings (SSSR count). The standard InChI is InChI=1S/C15H24N2O4/c18-13-5-3-1-2-4-8-17(13)11-14(19)16-9-6-12(7-10-16)15(20)21/h12H,1-11H2,(H,20,21). The Labute approximate surface area is 125 Å². The molecule has 2 saturated heterocycles. The van der Waals surface area contributed by atoms with Gasteiger partial charge in [-0.25, -0.2) is 0 Å². The van der Waals surface area contributed by atoms with Crippen LogP contribution in [-0.2, 0) is 14.4 Å². The smallest absolute Gasteiger partial charge is 0.306 e. The van der Waals surface area contributed by atoms with Gasteiger partial charge in [0.2, 0.25) is 11.8 Å². The fraction of sp³-hybridized carbons (Fsp3) is 0.800. The molecule has 2 aliphatic heterocycles. The van der Waals surface area contributed by atoms with Crippen molar-refractivity contribution in [3.63, 3.8) is 0 Å². The lowest BCUT2D eigenvalue weighted by Gasteiger charge is -2.32. The van der Waals surface area contributed by atoms with Gasteiger partial charge in [-0.2, -0.15) is 0 Å². The number of carboxylic acids is 1. The van der Waals surface area contributed by atoms with E-state index in [0.29, 0.717) is 38.9 Å². The normalized spacial score (nSPS) is 21.8. The van der Waals surface area contributed by atoms with Crippen LogP contribution in [-0.4, -0.2) is 58.9 Å². The SMILES string of the molecule is O=C(O)C1CCN(C(=O)CN2CCCCCCC2=O)CC1. The molecule has 6 nitrogen and oxygen atoms in total. The predicted molar refractivity (Wildman–Crippen MR) is 76.6 cm³/mol. The molecule has 2 amide bonds. The van der Waals surface area contributed by atoms with E-state index in [-0.39, 0.29) is 24.3 Å². The third-order valence-corrected chi connectivity index (χ3v) is 4.44. The molecule has 0 bridgehead atoms. The van der Waals surface area contributed by atoms with Crippen LogP contribution in [0.5, 0.6) is 0 Å². The Hall–Kier alpha value is -1.59. The lowest BCUT2D eigenvalue weighted by atomic mass is 9.97. The lowest BCUT2D eigenvalue weighted by molar-refractivity contribution is -0.146. The van der Waals surface area contributed by atoms with E-state index in [4.69, 9.17) is 5.11 Å². The highest BCUT2D eigenvalue weighted by molar-refractivity contribution is 5.85. The summed E-state index contributed by atoms with van der Waals surface area (Å²) in [5.74, 6) is -1.09. The first-order valence-corrected chi connectivity index (χ1v) is 7.86. The van der Waals surface area contributed by atoms with Gasteiger partial charge in [0.15, 0.2) is 0 Å². The Kier molecular flexibility index (Phi) is 5.59. The summed E-state index contributed by atoms with van der Waals surface area (Å²) >= 11 is 0. The molecule has 21 heavy (non-hydrogen) atoms. The summed E-state index contributed by atoms with van der Waals surface area (Å²) in [5, 5.41) is 8.96. The molecule has 0 atom stereocenters. The van der Waals surface area contributed by atoms with Crippen molar-refractivity contribution in [3.8, 4) is 0 Å². The highest BCUT2D eigenvalue weighted by atomic mass is 16.4. The third-order valence-electron chi connectivity index (χ3n) is 4.44. The van der Waals surface area contributed by atoms with E-state index in [1.165, 1.54) is 0 Å². The Balaban J connectivity index is 1.83. The van der Waals surface area contributed by atoms with Crippen LogP contribution in [0.3, 0.4) is 0 Å². The fourth-order valence-corrected chi connectivity index (χ4v) is 3.02. The van der Waals surface area contributed by atoms with Crippen LogP contribution in [0, 0.1) is 5.92 Å². The summed E-state index contributed by atoms with van der Waals surface area (Å²) in [6.07, 6.45) is 5.63. The van der Waals surface area contributed by atoms with Crippen molar-refractivity contribution >= 4 is 17.8 Å². The Morgan fingerprint density at radius 2 is 1.71 bits per heavy atom. The molecular weight excluding hydrogens is 272 g/mol. The molecule has 0 aromatic rings. The molecule has 2 aliphatic rings. The quantitative estimate of drug-likeness (QED) is 0.846. The summed E-state index contributed by atoms with van der Waals surface area (Å²) in [5.41, 5.74) is 0. The topological polar surface area (TPSA) is 77.9 Å². The number of carboxylic acid groups (broad SMARTS) is 1. The van der Waals surface area contributed by atoms with E-state index < -0.39 is 5.97 Å². The second-order valence-electron chi connectivity index (χ2n) is 5.97. The first-order chi connectivity index (χ1) is 10.1. The van der Waals surface area contributed by atoms with Crippen LogP contribution in [0.15, 0.2) is 0 Å². The van der Waals surface area contributed by atoms with E-state index >= 15 is 0 Å². The van der Waals surface area contributed by atoms with Gasteiger partial charge in [0.05, 0.1) is 12.5 Å². The van der Waals surface area contributed by atoms with E-state index in [2.05, 4.69) is 0 Å². The molecule has 118 valence electrons. The average Bonchev–Trinajstić information content (AvgIpc) is 2.47. The molecule has 0 saturated carbocycles. The number of likely N-dealkylation sites (tertiary alicyclic amines) is 2. The van der Waals surface area contributed by atoms with Gasteiger partial charge < -0.3 is 14.9 Å². The van der Waals surface area contributed by atoms with Crippen LogP contribution in [0.1, 0.15) is 44.9 Å². The third kappa shape index (κ3) is 4.44. The summed E-state index contributed by atoms with van der Waals surface area (Å²) < 4.78 is 0. The van der Waals surface area contributed by atoms with Gasteiger partial charge in [-0.1, -0.05) is 12.8 Å². The zero-order valence-corrected chi connectivity index (χ0v) is 12.4. The lowest BCUT2D eigenvalue weighted by Crippen LogP contribution is -2.47. The second kappa shape index (κ2) is 7.43. The molecule has 0 aromatic heterocycles. The van der Waals surface area contributed by atoms with Gasteiger partial charge >= 0.3 is 5.97 Å². The minimum absolute atomic E-state index is 0.0484. The maximum absolute atomic E-state index is 12.3. The highest BCUT2D eigenvalue weighted by Crippen LogP contribution is 2.18. The van der Waals surface area contributed by atoms with E-state index in [1.807, 2.05) is 0 Å². The first-order valence-electron chi connectivity index (χ1n) is 7.86. The number of nitrogens with zero attached hydrogens (tertiary/aromatic N) is 2. The highest BCUT2D eigenvalue weighted by Gasteiger charge is 2.28. The largest absolute Gasteiger partial charge is 0.481 e. The summed E-state index contributed by atoms with van der Waals surface area (Å²) in [4.78, 5) is 38.6. The van der Waals surface area contributed by atoms with Crippen molar-refractivity contribution in [3.05, 3.63) is 0 Å². The van der Waals surface area contributed by atoms with Crippen LogP contribution in [0.25, 0.3) is 0 Å². The number of piperidine rings is 1. The van der Waals surface area contributed by atoms with Crippen molar-refractivity contribution in [2.75, 3.05) is 26.2 Å². The van der Waals surface area contributed by atoms with Crippen molar-refractivity contribution in [1.82, 2.24) is 9.80 Å². The van der Waals surface area contributed by atoms with Gasteiger partial charge in [0, 0.05) is 26.1 Å². The zero-order valence-electron chi connectivity index (χ0n) is 12.4. The molecule has 1 N–H and O–H groups in total. The van der Waals surface area contributed by atoms with Crippen molar-refractivity contribution in [1.29, 1.82) is 0 Å². The fourth-order valence-electron chi connectivity index (χ4n) is 3.02. The molecule has 0 spiro atoms. The molecule has 0 aromatic carbocycles. The monoisotopic (exact) mass is 296 g/mol. The molecular formula is C15H24N2O4. The van der Waals surface area contributed by atoms with E-state index in [9.17, 15) is 14.4 Å². The van der Waals surface area contributed by atoms with Gasteiger partial charge in [-0.15, -0.1) is 0 Å². The zero-order chi connectivity index (χ0) is 15.2. The minimum Gasteiger partial charge on any atom is -0.481 e. The molecule has 2 heterocycles. The molecule has 2 fully saturated rings. The second-order valence-corrected chi connectivity index (χ2v) is 5.97. The summed E-state index contributed by atoms with van der Waals surface area (Å²) in [6, 6.07) is 0. The number of amides is 2. The number of carbonyl (C=O) groups is 3. The summed E-state index contributed by atoms with van der Waals surface area (Å²) in [6.45, 7) is 1.78. The number of hydrogen-bond acceptors (Lipinski definition) is 3. The maximum atomic E-state index is 12.3. The van der Waals surface area contributed by atoms with Crippen molar-refractivity contribution in [2.24, 2.45) is 5.92 Å². The van der Waals surface area contributed by atoms with Gasteiger partial charge in [0.25, 0.3) is 0 Å². The van der Waals surface area contributed by atoms with Crippen LogP contribution >= 0.6 is 0 Å². The van der Waals surface area contributed by atoms with Crippen LogP contribution in [0.2, 0.25) is 0 Å². The molecule has 0 aliphatic carbocycles. The van der Waals surface area contributed by atoms with Gasteiger partial charge in [-0.3, -0.25) is 14.4 Å². The van der Waals surface area contributed by atoms with E-state index in [0.717, 1.165) is 25.7 Å². The Morgan fingerprint density at radius 3 is 2.38 bits per heavy atom. The number of aliphatic carboxylic acids is 1. The van der Waals surface area contributed by atoms with Crippen LogP contribution < -0.4 is 0 Å². The molecule has 0 unspecified atom stereocenters. The Bertz CT molecular complexity index is 402.